The van der Waals surface area contributed by atoms with Gasteiger partial charge in [0.25, 0.3) is 0 Å². The maximum Gasteiger partial charge on any atom is 0.0309 e. The average Bonchev–Trinajstić information content (AvgIpc) is 2.14. The van der Waals surface area contributed by atoms with Crippen LogP contribution >= 0.6 is 0 Å². The molecule has 2 nitrogen and oxygen atoms in total. The molecule has 1 unspecified atom stereocenters. The van der Waals surface area contributed by atoms with E-state index >= 15 is 0 Å². The molecule has 0 bridgehead atoms. The van der Waals surface area contributed by atoms with Crippen LogP contribution < -0.4 is 5.32 Å². The lowest BCUT2D eigenvalue weighted by Gasteiger charge is -2.47. The van der Waals surface area contributed by atoms with Crippen LogP contribution in [0.4, 0.5) is 0 Å². The zero-order valence-corrected chi connectivity index (χ0v) is 8.97. The molecular weight excluding hydrogens is 160 g/mol. The van der Waals surface area contributed by atoms with Crippen LogP contribution in [0.5, 0.6) is 0 Å². The molecule has 1 atom stereocenters. The molecule has 1 spiro atoms. The minimum atomic E-state index is 0.486. The van der Waals surface area contributed by atoms with Gasteiger partial charge in [-0.15, -0.1) is 0 Å². The van der Waals surface area contributed by atoms with Gasteiger partial charge in [0, 0.05) is 24.7 Å². The molecule has 2 heteroatoms. The molecule has 1 aliphatic heterocycles. The molecule has 13 heavy (non-hydrogen) atoms. The molecule has 1 saturated heterocycles. The molecule has 1 N–H and O–H groups in total. The van der Waals surface area contributed by atoms with Gasteiger partial charge in [-0.05, 0) is 26.8 Å². The Balaban J connectivity index is 1.99. The second kappa shape index (κ2) is 3.58. The Morgan fingerprint density at radius 3 is 2.54 bits per heavy atom. The number of rotatable bonds is 0. The van der Waals surface area contributed by atoms with Crippen molar-refractivity contribution in [2.24, 2.45) is 0 Å². The number of hydrogen-bond acceptors (Lipinski definition) is 2. The number of nitrogens with zero attached hydrogens (tertiary/aromatic N) is 1. The van der Waals surface area contributed by atoms with Crippen LogP contribution in [-0.4, -0.2) is 36.6 Å². The van der Waals surface area contributed by atoms with Crippen LogP contribution in [0.2, 0.25) is 0 Å². The van der Waals surface area contributed by atoms with Crippen LogP contribution in [0.25, 0.3) is 0 Å². The molecule has 0 aromatic rings. The summed E-state index contributed by atoms with van der Waals surface area (Å²) in [4.78, 5) is 2.52. The molecule has 1 heterocycles. The van der Waals surface area contributed by atoms with Crippen LogP contribution in [-0.2, 0) is 0 Å². The zero-order chi connectivity index (χ0) is 9.31. The van der Waals surface area contributed by atoms with Crippen molar-refractivity contribution >= 4 is 0 Å². The van der Waals surface area contributed by atoms with Crippen molar-refractivity contribution in [1.29, 1.82) is 0 Å². The summed E-state index contributed by atoms with van der Waals surface area (Å²) >= 11 is 0. The highest BCUT2D eigenvalue weighted by Crippen LogP contribution is 2.31. The van der Waals surface area contributed by atoms with Crippen molar-refractivity contribution in [3.8, 4) is 0 Å². The van der Waals surface area contributed by atoms with Crippen molar-refractivity contribution in [1.82, 2.24) is 10.2 Å². The lowest BCUT2D eigenvalue weighted by Crippen LogP contribution is -2.63. The number of hydrogen-bond donors (Lipinski definition) is 1. The smallest absolute Gasteiger partial charge is 0.0309 e. The summed E-state index contributed by atoms with van der Waals surface area (Å²) in [7, 11) is 2.27. The standard InChI is InChI=1S/C11H22N2/c1-10-8-12-11(9-13(10)2)6-4-3-5-7-11/h10,12H,3-9H2,1-2H3. The Kier molecular flexibility index (Phi) is 2.61. The summed E-state index contributed by atoms with van der Waals surface area (Å²) < 4.78 is 0. The normalized spacial score (nSPS) is 35.1. The van der Waals surface area contributed by atoms with Gasteiger partial charge in [-0.1, -0.05) is 19.3 Å². The van der Waals surface area contributed by atoms with E-state index in [9.17, 15) is 0 Å². The third kappa shape index (κ3) is 1.89. The molecule has 2 fully saturated rings. The molecule has 0 aromatic carbocycles. The highest BCUT2D eigenvalue weighted by Gasteiger charge is 2.36. The quantitative estimate of drug-likeness (QED) is 0.612. The van der Waals surface area contributed by atoms with Gasteiger partial charge in [0.05, 0.1) is 0 Å². The van der Waals surface area contributed by atoms with Crippen molar-refractivity contribution in [3.63, 3.8) is 0 Å². The summed E-state index contributed by atoms with van der Waals surface area (Å²) in [6, 6.07) is 0.715. The molecule has 2 rings (SSSR count). The topological polar surface area (TPSA) is 15.3 Å². The van der Waals surface area contributed by atoms with Crippen molar-refractivity contribution in [3.05, 3.63) is 0 Å². The minimum Gasteiger partial charge on any atom is -0.308 e. The van der Waals surface area contributed by atoms with E-state index in [0.717, 1.165) is 0 Å². The molecule has 76 valence electrons. The van der Waals surface area contributed by atoms with E-state index < -0.39 is 0 Å². The van der Waals surface area contributed by atoms with E-state index in [1.54, 1.807) is 0 Å². The zero-order valence-electron chi connectivity index (χ0n) is 8.97. The fourth-order valence-electron chi connectivity index (χ4n) is 2.77. The van der Waals surface area contributed by atoms with Gasteiger partial charge in [-0.3, -0.25) is 0 Å². The Hall–Kier alpha value is -0.0800. The molecular formula is C11H22N2. The van der Waals surface area contributed by atoms with Gasteiger partial charge in [-0.2, -0.15) is 0 Å². The summed E-state index contributed by atoms with van der Waals surface area (Å²) in [6.07, 6.45) is 7.08. The largest absolute Gasteiger partial charge is 0.308 e. The second-order valence-corrected chi connectivity index (χ2v) is 4.99. The van der Waals surface area contributed by atoms with E-state index in [1.165, 1.54) is 45.2 Å². The molecule has 2 aliphatic rings. The summed E-state index contributed by atoms with van der Waals surface area (Å²) in [5, 5.41) is 3.77. The Bertz CT molecular complexity index is 173. The van der Waals surface area contributed by atoms with Gasteiger partial charge in [0.15, 0.2) is 0 Å². The highest BCUT2D eigenvalue weighted by molar-refractivity contribution is 4.97. The maximum absolute atomic E-state index is 3.77. The van der Waals surface area contributed by atoms with E-state index in [2.05, 4.69) is 24.2 Å². The molecule has 0 amide bonds. The van der Waals surface area contributed by atoms with E-state index in [0.29, 0.717) is 11.6 Å². The van der Waals surface area contributed by atoms with E-state index in [1.807, 2.05) is 0 Å². The van der Waals surface area contributed by atoms with Crippen LogP contribution in [0, 0.1) is 0 Å². The van der Waals surface area contributed by atoms with Crippen LogP contribution in [0.3, 0.4) is 0 Å². The monoisotopic (exact) mass is 182 g/mol. The van der Waals surface area contributed by atoms with Crippen molar-refractivity contribution in [2.45, 2.75) is 50.6 Å². The first kappa shape index (κ1) is 9.47. The van der Waals surface area contributed by atoms with E-state index in [4.69, 9.17) is 0 Å². The Morgan fingerprint density at radius 2 is 1.92 bits per heavy atom. The Morgan fingerprint density at radius 1 is 1.23 bits per heavy atom. The first-order valence-corrected chi connectivity index (χ1v) is 5.67. The predicted octanol–water partition coefficient (Wildman–Crippen LogP) is 1.61. The van der Waals surface area contributed by atoms with Gasteiger partial charge in [0.1, 0.15) is 0 Å². The average molecular weight is 182 g/mol. The third-order valence-electron chi connectivity index (χ3n) is 3.89. The molecule has 0 radical (unpaired) electrons. The van der Waals surface area contributed by atoms with Gasteiger partial charge >= 0.3 is 0 Å². The molecule has 0 aromatic heterocycles. The first-order valence-electron chi connectivity index (χ1n) is 5.67. The summed E-state index contributed by atoms with van der Waals surface area (Å²) in [5.74, 6) is 0. The van der Waals surface area contributed by atoms with Crippen LogP contribution in [0.15, 0.2) is 0 Å². The fraction of sp³-hybridized carbons (Fsp3) is 1.00. The Labute approximate surface area is 81.7 Å². The number of likely N-dealkylation sites (N-methyl/N-ethyl adjacent to an activating group) is 1. The maximum atomic E-state index is 3.77. The van der Waals surface area contributed by atoms with Gasteiger partial charge < -0.3 is 10.2 Å². The summed E-state index contributed by atoms with van der Waals surface area (Å²) in [6.45, 7) is 4.74. The predicted molar refractivity (Wildman–Crippen MR) is 55.9 cm³/mol. The molecule has 1 aliphatic carbocycles. The number of nitrogens with one attached hydrogen (secondary N) is 1. The lowest BCUT2D eigenvalue weighted by molar-refractivity contribution is 0.0829. The van der Waals surface area contributed by atoms with Gasteiger partial charge in [0.2, 0.25) is 0 Å². The van der Waals surface area contributed by atoms with Crippen molar-refractivity contribution in [2.75, 3.05) is 20.1 Å². The van der Waals surface area contributed by atoms with Gasteiger partial charge in [-0.25, -0.2) is 0 Å². The minimum absolute atomic E-state index is 0.486. The van der Waals surface area contributed by atoms with Crippen LogP contribution in [0.1, 0.15) is 39.0 Å². The lowest BCUT2D eigenvalue weighted by atomic mass is 9.79. The highest BCUT2D eigenvalue weighted by atomic mass is 15.2. The SMILES string of the molecule is CC1CNC2(CCCCC2)CN1C. The molecule has 1 saturated carbocycles. The second-order valence-electron chi connectivity index (χ2n) is 4.99. The number of piperazine rings is 1. The van der Waals surface area contributed by atoms with Crippen molar-refractivity contribution < 1.29 is 0 Å². The van der Waals surface area contributed by atoms with E-state index in [-0.39, 0.29) is 0 Å². The first-order chi connectivity index (χ1) is 6.22. The summed E-state index contributed by atoms with van der Waals surface area (Å²) in [5.41, 5.74) is 0.486. The fourth-order valence-corrected chi connectivity index (χ4v) is 2.77. The third-order valence-corrected chi connectivity index (χ3v) is 3.89.